The van der Waals surface area contributed by atoms with Gasteiger partial charge in [0.1, 0.15) is 12.1 Å². The molecule has 2 N–H and O–H groups in total. The van der Waals surface area contributed by atoms with Crippen molar-refractivity contribution in [2.45, 2.75) is 0 Å². The van der Waals surface area contributed by atoms with Crippen LogP contribution in [0.4, 0.5) is 5.69 Å². The van der Waals surface area contributed by atoms with E-state index in [9.17, 15) is 0 Å². The first-order chi connectivity index (χ1) is 11.7. The number of nitrogens with zero attached hydrogens (tertiary/aromatic N) is 2. The molecule has 0 fully saturated rings. The third-order valence-corrected chi connectivity index (χ3v) is 3.64. The van der Waals surface area contributed by atoms with E-state index in [1.807, 2.05) is 24.3 Å². The van der Waals surface area contributed by atoms with E-state index in [2.05, 4.69) is 25.9 Å². The van der Waals surface area contributed by atoms with Crippen LogP contribution in [-0.2, 0) is 0 Å². The van der Waals surface area contributed by atoms with Gasteiger partial charge >= 0.3 is 0 Å². The Hall–Kier alpha value is -2.80. The van der Waals surface area contributed by atoms with Gasteiger partial charge in [-0.3, -0.25) is 0 Å². The molecule has 0 spiro atoms. The molecule has 122 valence electrons. The van der Waals surface area contributed by atoms with Crippen molar-refractivity contribution in [3.8, 4) is 29.0 Å². The van der Waals surface area contributed by atoms with Crippen LogP contribution in [0, 0.1) is 0 Å². The molecule has 0 saturated carbocycles. The van der Waals surface area contributed by atoms with E-state index in [0.29, 0.717) is 17.2 Å². The van der Waals surface area contributed by atoms with Crippen molar-refractivity contribution in [2.24, 2.45) is 0 Å². The first-order valence-electron chi connectivity index (χ1n) is 7.02. The van der Waals surface area contributed by atoms with Gasteiger partial charge in [-0.25, -0.2) is 0 Å². The van der Waals surface area contributed by atoms with Crippen LogP contribution in [0.1, 0.15) is 0 Å². The van der Waals surface area contributed by atoms with Gasteiger partial charge in [-0.15, -0.1) is 0 Å². The molecular formula is C17H14BrN3O3. The normalized spacial score (nSPS) is 10.2. The summed E-state index contributed by atoms with van der Waals surface area (Å²) in [7, 11) is 1.56. The molecule has 2 aromatic carbocycles. The molecule has 6 nitrogen and oxygen atoms in total. The number of hydrogen-bond donors (Lipinski definition) is 1. The fourth-order valence-corrected chi connectivity index (χ4v) is 2.21. The summed E-state index contributed by atoms with van der Waals surface area (Å²) in [5.74, 6) is 2.09. The lowest BCUT2D eigenvalue weighted by atomic mass is 10.3. The quantitative estimate of drug-likeness (QED) is 0.697. The molecule has 0 bridgehead atoms. The molecule has 3 rings (SSSR count). The number of nitrogen functional groups attached to an aromatic ring is 1. The highest BCUT2D eigenvalue weighted by atomic mass is 79.9. The van der Waals surface area contributed by atoms with E-state index in [1.165, 1.54) is 6.33 Å². The Morgan fingerprint density at radius 3 is 2.17 bits per heavy atom. The van der Waals surface area contributed by atoms with Crippen molar-refractivity contribution in [2.75, 3.05) is 12.8 Å². The Kier molecular flexibility index (Phi) is 4.81. The Balaban J connectivity index is 1.86. The van der Waals surface area contributed by atoms with Gasteiger partial charge in [-0.2, -0.15) is 9.97 Å². The Morgan fingerprint density at radius 2 is 1.50 bits per heavy atom. The molecule has 3 aromatic rings. The lowest BCUT2D eigenvalue weighted by Crippen LogP contribution is -2.01. The second kappa shape index (κ2) is 7.18. The number of nitrogens with two attached hydrogens (primary N) is 1. The maximum absolute atomic E-state index is 6.08. The van der Waals surface area contributed by atoms with Gasteiger partial charge in [0, 0.05) is 4.47 Å². The first kappa shape index (κ1) is 16.1. The topological polar surface area (TPSA) is 79.5 Å². The third kappa shape index (κ3) is 3.57. The molecule has 0 unspecified atom stereocenters. The summed E-state index contributed by atoms with van der Waals surface area (Å²) in [6.07, 6.45) is 1.33. The maximum Gasteiger partial charge on any atom is 0.250 e. The molecule has 1 heterocycles. The number of benzene rings is 2. The summed E-state index contributed by atoms with van der Waals surface area (Å²) < 4.78 is 17.6. The van der Waals surface area contributed by atoms with E-state index in [0.717, 1.165) is 4.47 Å². The number of aromatic nitrogens is 2. The summed E-state index contributed by atoms with van der Waals surface area (Å²) in [6, 6.07) is 14.5. The van der Waals surface area contributed by atoms with E-state index < -0.39 is 0 Å². The van der Waals surface area contributed by atoms with Gasteiger partial charge in [-0.05, 0) is 36.4 Å². The van der Waals surface area contributed by atoms with Crippen LogP contribution < -0.4 is 19.9 Å². The molecule has 0 aliphatic carbocycles. The maximum atomic E-state index is 6.08. The number of para-hydroxylation sites is 2. The summed E-state index contributed by atoms with van der Waals surface area (Å²) >= 11 is 3.37. The average molecular weight is 388 g/mol. The highest BCUT2D eigenvalue weighted by molar-refractivity contribution is 9.10. The molecule has 0 atom stereocenters. The highest BCUT2D eigenvalue weighted by Gasteiger charge is 2.14. The van der Waals surface area contributed by atoms with Crippen LogP contribution in [0.2, 0.25) is 0 Å². The summed E-state index contributed by atoms with van der Waals surface area (Å²) in [6.45, 7) is 0. The van der Waals surface area contributed by atoms with E-state index >= 15 is 0 Å². The molecule has 0 aliphatic rings. The van der Waals surface area contributed by atoms with Crippen molar-refractivity contribution in [1.29, 1.82) is 0 Å². The molecule has 7 heteroatoms. The second-order valence-corrected chi connectivity index (χ2v) is 5.62. The minimum Gasteiger partial charge on any atom is -0.493 e. The lowest BCUT2D eigenvalue weighted by molar-refractivity contribution is 0.373. The smallest absolute Gasteiger partial charge is 0.250 e. The average Bonchev–Trinajstić information content (AvgIpc) is 2.61. The summed E-state index contributed by atoms with van der Waals surface area (Å²) in [5, 5.41) is 0. The van der Waals surface area contributed by atoms with Crippen molar-refractivity contribution in [1.82, 2.24) is 9.97 Å². The van der Waals surface area contributed by atoms with E-state index in [-0.39, 0.29) is 17.4 Å². The summed E-state index contributed by atoms with van der Waals surface area (Å²) in [4.78, 5) is 8.12. The third-order valence-electron chi connectivity index (χ3n) is 3.11. The SMILES string of the molecule is COc1ccccc1Oc1ncnc(Oc2ccc(Br)cc2)c1N. The van der Waals surface area contributed by atoms with Crippen molar-refractivity contribution in [3.05, 3.63) is 59.3 Å². The minimum atomic E-state index is 0.196. The predicted molar refractivity (Wildman–Crippen MR) is 93.7 cm³/mol. The van der Waals surface area contributed by atoms with Crippen LogP contribution in [0.25, 0.3) is 0 Å². The largest absolute Gasteiger partial charge is 0.493 e. The van der Waals surface area contributed by atoms with Crippen LogP contribution >= 0.6 is 15.9 Å². The Labute approximate surface area is 147 Å². The number of methoxy groups -OCH3 is 1. The van der Waals surface area contributed by atoms with Gasteiger partial charge in [-0.1, -0.05) is 28.1 Å². The zero-order valence-corrected chi connectivity index (χ0v) is 14.4. The molecule has 0 radical (unpaired) electrons. The predicted octanol–water partition coefficient (Wildman–Crippen LogP) is 4.41. The van der Waals surface area contributed by atoms with Gasteiger partial charge in [0.15, 0.2) is 17.2 Å². The number of halogens is 1. The first-order valence-corrected chi connectivity index (χ1v) is 7.81. The van der Waals surface area contributed by atoms with Crippen LogP contribution in [0.15, 0.2) is 59.3 Å². The molecular weight excluding hydrogens is 374 g/mol. The van der Waals surface area contributed by atoms with E-state index in [4.69, 9.17) is 19.9 Å². The van der Waals surface area contributed by atoms with Gasteiger partial charge in [0.25, 0.3) is 0 Å². The van der Waals surface area contributed by atoms with Gasteiger partial charge < -0.3 is 19.9 Å². The zero-order chi connectivity index (χ0) is 16.9. The van der Waals surface area contributed by atoms with Crippen LogP contribution in [0.3, 0.4) is 0 Å². The monoisotopic (exact) mass is 387 g/mol. The van der Waals surface area contributed by atoms with Crippen molar-refractivity contribution >= 4 is 21.6 Å². The molecule has 1 aromatic heterocycles. The molecule has 0 saturated heterocycles. The number of rotatable bonds is 5. The standard InChI is InChI=1S/C17H14BrN3O3/c1-22-13-4-2-3-5-14(13)24-17-15(19)16(20-10-21-17)23-12-8-6-11(18)7-9-12/h2-10H,19H2,1H3. The fourth-order valence-electron chi connectivity index (χ4n) is 1.95. The number of anilines is 1. The number of ether oxygens (including phenoxy) is 3. The van der Waals surface area contributed by atoms with Gasteiger partial charge in [0.2, 0.25) is 11.8 Å². The lowest BCUT2D eigenvalue weighted by Gasteiger charge is -2.12. The molecule has 24 heavy (non-hydrogen) atoms. The molecule has 0 amide bonds. The van der Waals surface area contributed by atoms with Crippen LogP contribution in [0.5, 0.6) is 29.0 Å². The van der Waals surface area contributed by atoms with Crippen LogP contribution in [-0.4, -0.2) is 17.1 Å². The van der Waals surface area contributed by atoms with Crippen molar-refractivity contribution < 1.29 is 14.2 Å². The van der Waals surface area contributed by atoms with Crippen molar-refractivity contribution in [3.63, 3.8) is 0 Å². The number of hydrogen-bond acceptors (Lipinski definition) is 6. The van der Waals surface area contributed by atoms with Gasteiger partial charge in [0.05, 0.1) is 7.11 Å². The zero-order valence-electron chi connectivity index (χ0n) is 12.8. The minimum absolute atomic E-state index is 0.196. The summed E-state index contributed by atoms with van der Waals surface area (Å²) in [5.41, 5.74) is 6.28. The second-order valence-electron chi connectivity index (χ2n) is 4.71. The highest BCUT2D eigenvalue weighted by Crippen LogP contribution is 2.36. The Morgan fingerprint density at radius 1 is 0.875 bits per heavy atom. The fraction of sp³-hybridized carbons (Fsp3) is 0.0588. The Bertz CT molecular complexity index is 841. The molecule has 0 aliphatic heterocycles. The van der Waals surface area contributed by atoms with E-state index in [1.54, 1.807) is 31.4 Å².